The minimum atomic E-state index is -0.219. The predicted molar refractivity (Wildman–Crippen MR) is 61.8 cm³/mol. The van der Waals surface area contributed by atoms with E-state index in [9.17, 15) is 4.79 Å². The monoisotopic (exact) mass is 217 g/mol. The molecule has 0 unspecified atom stereocenters. The summed E-state index contributed by atoms with van der Waals surface area (Å²) in [6.45, 7) is 1.16. The van der Waals surface area contributed by atoms with Crippen molar-refractivity contribution in [3.05, 3.63) is 48.0 Å². The first-order valence-corrected chi connectivity index (χ1v) is 5.35. The Bertz CT molecular complexity index is 386. The molecule has 0 bridgehead atoms. The van der Waals surface area contributed by atoms with E-state index in [0.717, 1.165) is 12.1 Å². The van der Waals surface area contributed by atoms with E-state index in [-0.39, 0.29) is 12.0 Å². The van der Waals surface area contributed by atoms with Crippen molar-refractivity contribution in [2.75, 3.05) is 13.6 Å². The number of benzene rings is 1. The Hall–Kier alpha value is -1.61. The van der Waals surface area contributed by atoms with E-state index in [1.165, 1.54) is 0 Å². The molecule has 0 N–H and O–H groups in total. The number of hydrogen-bond donors (Lipinski definition) is 0. The van der Waals surface area contributed by atoms with Crippen LogP contribution in [0, 0.1) is 0 Å². The second kappa shape index (κ2) is 4.94. The van der Waals surface area contributed by atoms with E-state index < -0.39 is 0 Å². The van der Waals surface area contributed by atoms with Crippen molar-refractivity contribution in [3.8, 4) is 0 Å². The largest absolute Gasteiger partial charge is 0.459 e. The van der Waals surface area contributed by atoms with Gasteiger partial charge in [0.05, 0.1) is 0 Å². The molecule has 0 aliphatic carbocycles. The maximum absolute atomic E-state index is 11.7. The molecule has 1 atom stereocenters. The Balaban J connectivity index is 1.87. The third-order valence-corrected chi connectivity index (χ3v) is 2.65. The summed E-state index contributed by atoms with van der Waals surface area (Å²) in [7, 11) is 1.91. The number of carbonyl (C=O) groups is 1. The molecule has 0 radical (unpaired) electrons. The second-order valence-corrected chi connectivity index (χ2v) is 3.91. The third-order valence-electron chi connectivity index (χ3n) is 2.65. The molecule has 0 spiro atoms. The second-order valence-electron chi connectivity index (χ2n) is 3.91. The van der Waals surface area contributed by atoms with Gasteiger partial charge in [-0.25, -0.2) is 4.79 Å². The Kier molecular flexibility index (Phi) is 3.37. The van der Waals surface area contributed by atoms with Crippen molar-refractivity contribution in [1.29, 1.82) is 0 Å². The van der Waals surface area contributed by atoms with E-state index in [1.807, 2.05) is 54.4 Å². The lowest BCUT2D eigenvalue weighted by atomic mass is 10.2. The van der Waals surface area contributed by atoms with Gasteiger partial charge in [0.1, 0.15) is 12.6 Å². The number of hydrogen-bond acceptors (Lipinski definition) is 3. The molecule has 16 heavy (non-hydrogen) atoms. The molecular weight excluding hydrogens is 202 g/mol. The number of esters is 1. The number of nitrogens with zero attached hydrogens (tertiary/aromatic N) is 1. The van der Waals surface area contributed by atoms with E-state index in [2.05, 4.69) is 0 Å². The summed E-state index contributed by atoms with van der Waals surface area (Å²) in [5.74, 6) is -0.180. The summed E-state index contributed by atoms with van der Waals surface area (Å²) in [5.41, 5.74) is 1.01. The van der Waals surface area contributed by atoms with Gasteiger partial charge in [-0.1, -0.05) is 42.5 Å². The number of rotatable bonds is 3. The summed E-state index contributed by atoms with van der Waals surface area (Å²) in [4.78, 5) is 13.7. The van der Waals surface area contributed by atoms with Gasteiger partial charge in [0.25, 0.3) is 0 Å². The number of ether oxygens (including phenoxy) is 1. The lowest BCUT2D eigenvalue weighted by Gasteiger charge is -2.17. The zero-order chi connectivity index (χ0) is 11.4. The van der Waals surface area contributed by atoms with Gasteiger partial charge in [-0.3, -0.25) is 4.90 Å². The number of likely N-dealkylation sites (N-methyl/N-ethyl adjacent to an activating group) is 1. The van der Waals surface area contributed by atoms with Crippen LogP contribution in [-0.4, -0.2) is 30.5 Å². The molecule has 1 aromatic carbocycles. The Morgan fingerprint density at radius 2 is 2.19 bits per heavy atom. The van der Waals surface area contributed by atoms with Gasteiger partial charge in [-0.15, -0.1) is 0 Å². The average molecular weight is 217 g/mol. The van der Waals surface area contributed by atoms with Crippen molar-refractivity contribution in [2.24, 2.45) is 0 Å². The fourth-order valence-electron chi connectivity index (χ4n) is 1.69. The quantitative estimate of drug-likeness (QED) is 0.569. The molecule has 0 saturated carbocycles. The van der Waals surface area contributed by atoms with Crippen LogP contribution in [0.25, 0.3) is 0 Å². The lowest BCUT2D eigenvalue weighted by Crippen LogP contribution is -2.34. The topological polar surface area (TPSA) is 29.5 Å². The normalized spacial score (nSPS) is 19.9. The van der Waals surface area contributed by atoms with E-state index >= 15 is 0 Å². The fourth-order valence-corrected chi connectivity index (χ4v) is 1.69. The van der Waals surface area contributed by atoms with Gasteiger partial charge >= 0.3 is 5.97 Å². The van der Waals surface area contributed by atoms with Crippen LogP contribution in [0.15, 0.2) is 42.5 Å². The summed E-state index contributed by atoms with van der Waals surface area (Å²) in [6, 6.07) is 9.49. The molecule has 1 aliphatic heterocycles. The molecule has 0 fully saturated rings. The highest BCUT2D eigenvalue weighted by Gasteiger charge is 2.24. The molecule has 0 amide bonds. The van der Waals surface area contributed by atoms with Crippen LogP contribution in [0.4, 0.5) is 0 Å². The summed E-state index contributed by atoms with van der Waals surface area (Å²) < 4.78 is 5.25. The van der Waals surface area contributed by atoms with Crippen LogP contribution >= 0.6 is 0 Å². The van der Waals surface area contributed by atoms with Crippen LogP contribution in [0.1, 0.15) is 5.56 Å². The molecule has 1 aliphatic rings. The molecule has 3 nitrogen and oxygen atoms in total. The van der Waals surface area contributed by atoms with Gasteiger partial charge < -0.3 is 4.74 Å². The summed E-state index contributed by atoms with van der Waals surface area (Å²) in [5, 5.41) is 0. The zero-order valence-corrected chi connectivity index (χ0v) is 9.30. The van der Waals surface area contributed by atoms with Gasteiger partial charge in [0.2, 0.25) is 0 Å². The van der Waals surface area contributed by atoms with E-state index in [1.54, 1.807) is 0 Å². The molecule has 84 valence electrons. The van der Waals surface area contributed by atoms with E-state index in [4.69, 9.17) is 4.74 Å². The lowest BCUT2D eigenvalue weighted by molar-refractivity contribution is -0.148. The Morgan fingerprint density at radius 3 is 2.81 bits per heavy atom. The molecule has 0 aromatic heterocycles. The van der Waals surface area contributed by atoms with E-state index in [0.29, 0.717) is 6.61 Å². The highest BCUT2D eigenvalue weighted by molar-refractivity contribution is 5.78. The van der Waals surface area contributed by atoms with Crippen LogP contribution < -0.4 is 0 Å². The van der Waals surface area contributed by atoms with Gasteiger partial charge in [0.15, 0.2) is 0 Å². The Morgan fingerprint density at radius 1 is 1.44 bits per heavy atom. The van der Waals surface area contributed by atoms with Crippen LogP contribution in [-0.2, 0) is 16.1 Å². The first kappa shape index (κ1) is 10.9. The number of carbonyl (C=O) groups excluding carboxylic acids is 1. The molecule has 1 heterocycles. The molecule has 3 heteroatoms. The van der Waals surface area contributed by atoms with Gasteiger partial charge in [0, 0.05) is 6.54 Å². The maximum atomic E-state index is 11.7. The molecule has 0 saturated heterocycles. The predicted octanol–water partition coefficient (Wildman–Crippen LogP) is 1.60. The van der Waals surface area contributed by atoms with Crippen molar-refractivity contribution >= 4 is 5.97 Å². The van der Waals surface area contributed by atoms with Crippen molar-refractivity contribution in [1.82, 2.24) is 4.90 Å². The highest BCUT2D eigenvalue weighted by Crippen LogP contribution is 2.10. The molecular formula is C13H15NO2. The summed E-state index contributed by atoms with van der Waals surface area (Å²) in [6.07, 6.45) is 3.86. The van der Waals surface area contributed by atoms with Crippen molar-refractivity contribution in [3.63, 3.8) is 0 Å². The smallest absolute Gasteiger partial charge is 0.327 e. The van der Waals surface area contributed by atoms with Gasteiger partial charge in [-0.2, -0.15) is 0 Å². The van der Waals surface area contributed by atoms with Gasteiger partial charge in [-0.05, 0) is 12.6 Å². The SMILES string of the molecule is CN1CC=C[C@H]1C(=O)OCc1ccccc1. The minimum absolute atomic E-state index is 0.180. The maximum Gasteiger partial charge on any atom is 0.327 e. The molecule has 2 rings (SSSR count). The zero-order valence-electron chi connectivity index (χ0n) is 9.30. The van der Waals surface area contributed by atoms with Crippen molar-refractivity contribution < 1.29 is 9.53 Å². The fraction of sp³-hybridized carbons (Fsp3) is 0.308. The van der Waals surface area contributed by atoms with Crippen LogP contribution in [0.5, 0.6) is 0 Å². The summed E-state index contributed by atoms with van der Waals surface area (Å²) >= 11 is 0. The first-order valence-electron chi connectivity index (χ1n) is 5.35. The van der Waals surface area contributed by atoms with Crippen LogP contribution in [0.2, 0.25) is 0 Å². The first-order chi connectivity index (χ1) is 7.77. The highest BCUT2D eigenvalue weighted by atomic mass is 16.5. The third kappa shape index (κ3) is 2.49. The van der Waals surface area contributed by atoms with Crippen LogP contribution in [0.3, 0.4) is 0 Å². The minimum Gasteiger partial charge on any atom is -0.459 e. The molecule has 1 aromatic rings. The Labute approximate surface area is 95.3 Å². The average Bonchev–Trinajstić information content (AvgIpc) is 2.74. The standard InChI is InChI=1S/C13H15NO2/c1-14-9-5-8-12(14)13(15)16-10-11-6-3-2-4-7-11/h2-8,12H,9-10H2,1H3/t12-/m0/s1. The van der Waals surface area contributed by atoms with Crippen molar-refractivity contribution in [2.45, 2.75) is 12.6 Å².